The third-order valence-corrected chi connectivity index (χ3v) is 2.04. The molecule has 4 nitrogen and oxygen atoms in total. The van der Waals surface area contributed by atoms with Crippen molar-refractivity contribution in [2.45, 2.75) is 12.5 Å². The van der Waals surface area contributed by atoms with Gasteiger partial charge >= 0.3 is 5.97 Å². The molecule has 1 rings (SSSR count). The molecule has 1 aromatic rings. The minimum Gasteiger partial charge on any atom is -0.480 e. The van der Waals surface area contributed by atoms with E-state index in [0.717, 1.165) is 6.07 Å². The second kappa shape index (κ2) is 3.26. The number of halogens is 1. The lowest BCUT2D eigenvalue weighted by atomic mass is 9.93. The fourth-order valence-electron chi connectivity index (χ4n) is 0.990. The largest absolute Gasteiger partial charge is 0.480 e. The zero-order chi connectivity index (χ0) is 10.9. The molecule has 0 aliphatic carbocycles. The van der Waals surface area contributed by atoms with Crippen molar-refractivity contribution < 1.29 is 14.3 Å². The SMILES string of the molecule is CC(N)(C(=O)O)c1ccc(F)c(N)c1. The van der Waals surface area contributed by atoms with Crippen LogP contribution >= 0.6 is 0 Å². The maximum atomic E-state index is 12.8. The van der Waals surface area contributed by atoms with Crippen molar-refractivity contribution >= 4 is 11.7 Å². The molecular formula is C9H11FN2O2. The van der Waals surface area contributed by atoms with Gasteiger partial charge in [0.15, 0.2) is 0 Å². The first-order chi connectivity index (χ1) is 6.35. The number of rotatable bonds is 2. The molecule has 0 radical (unpaired) electrons. The van der Waals surface area contributed by atoms with Crippen LogP contribution in [0.4, 0.5) is 10.1 Å². The van der Waals surface area contributed by atoms with E-state index in [2.05, 4.69) is 0 Å². The van der Waals surface area contributed by atoms with E-state index in [1.54, 1.807) is 0 Å². The molecule has 0 saturated heterocycles. The molecule has 5 N–H and O–H groups in total. The van der Waals surface area contributed by atoms with Crippen molar-refractivity contribution in [3.8, 4) is 0 Å². The van der Waals surface area contributed by atoms with E-state index in [1.807, 2.05) is 0 Å². The number of hydrogen-bond acceptors (Lipinski definition) is 3. The number of anilines is 1. The Morgan fingerprint density at radius 2 is 2.14 bits per heavy atom. The van der Waals surface area contributed by atoms with Gasteiger partial charge in [0.1, 0.15) is 11.4 Å². The van der Waals surface area contributed by atoms with Gasteiger partial charge in [0, 0.05) is 0 Å². The van der Waals surface area contributed by atoms with Gasteiger partial charge < -0.3 is 16.6 Å². The summed E-state index contributed by atoms with van der Waals surface area (Å²) in [5.74, 6) is -1.78. The van der Waals surface area contributed by atoms with E-state index in [-0.39, 0.29) is 11.3 Å². The summed E-state index contributed by atoms with van der Waals surface area (Å²) >= 11 is 0. The highest BCUT2D eigenvalue weighted by Crippen LogP contribution is 2.21. The summed E-state index contributed by atoms with van der Waals surface area (Å²) in [6.07, 6.45) is 0. The van der Waals surface area contributed by atoms with Crippen molar-refractivity contribution in [2.75, 3.05) is 5.73 Å². The van der Waals surface area contributed by atoms with Gasteiger partial charge in [-0.3, -0.25) is 0 Å². The van der Waals surface area contributed by atoms with Crippen LogP contribution in [0.3, 0.4) is 0 Å². The zero-order valence-electron chi connectivity index (χ0n) is 7.62. The minimum atomic E-state index is -1.55. The Hall–Kier alpha value is -1.62. The van der Waals surface area contributed by atoms with Gasteiger partial charge in [-0.15, -0.1) is 0 Å². The number of nitrogen functional groups attached to an aromatic ring is 1. The highest BCUT2D eigenvalue weighted by Gasteiger charge is 2.30. The van der Waals surface area contributed by atoms with Crippen LogP contribution in [0.15, 0.2) is 18.2 Å². The summed E-state index contributed by atoms with van der Waals surface area (Å²) in [6, 6.07) is 3.63. The molecule has 0 amide bonds. The molecule has 0 aliphatic rings. The fraction of sp³-hybridized carbons (Fsp3) is 0.222. The van der Waals surface area contributed by atoms with Gasteiger partial charge in [-0.05, 0) is 24.6 Å². The van der Waals surface area contributed by atoms with Crippen LogP contribution in [0.25, 0.3) is 0 Å². The van der Waals surface area contributed by atoms with Crippen LogP contribution in [-0.2, 0) is 10.3 Å². The third kappa shape index (κ3) is 1.67. The lowest BCUT2D eigenvalue weighted by Crippen LogP contribution is -2.41. The van der Waals surface area contributed by atoms with Crippen LogP contribution in [0.2, 0.25) is 0 Å². The monoisotopic (exact) mass is 198 g/mol. The van der Waals surface area contributed by atoms with E-state index in [9.17, 15) is 9.18 Å². The second-order valence-corrected chi connectivity index (χ2v) is 3.24. The molecule has 0 spiro atoms. The molecule has 76 valence electrons. The van der Waals surface area contributed by atoms with Crippen molar-refractivity contribution in [1.82, 2.24) is 0 Å². The smallest absolute Gasteiger partial charge is 0.328 e. The minimum absolute atomic E-state index is 0.111. The van der Waals surface area contributed by atoms with E-state index in [0.29, 0.717) is 0 Å². The Kier molecular flexibility index (Phi) is 2.44. The summed E-state index contributed by atoms with van der Waals surface area (Å²) < 4.78 is 12.8. The standard InChI is InChI=1S/C9H11FN2O2/c1-9(12,8(13)14)5-2-3-6(10)7(11)4-5/h2-4H,11-12H2,1H3,(H,13,14). The van der Waals surface area contributed by atoms with Gasteiger partial charge in [0.2, 0.25) is 0 Å². The average Bonchev–Trinajstić information content (AvgIpc) is 2.09. The maximum absolute atomic E-state index is 12.8. The number of hydrogen-bond donors (Lipinski definition) is 3. The van der Waals surface area contributed by atoms with Crippen molar-refractivity contribution in [3.05, 3.63) is 29.6 Å². The molecule has 0 bridgehead atoms. The Bertz CT molecular complexity index is 377. The maximum Gasteiger partial charge on any atom is 0.328 e. The topological polar surface area (TPSA) is 89.3 Å². The molecular weight excluding hydrogens is 187 g/mol. The van der Waals surface area contributed by atoms with Gasteiger partial charge in [-0.2, -0.15) is 0 Å². The average molecular weight is 198 g/mol. The van der Waals surface area contributed by atoms with Crippen molar-refractivity contribution in [1.29, 1.82) is 0 Å². The van der Waals surface area contributed by atoms with Gasteiger partial charge in [-0.25, -0.2) is 9.18 Å². The number of carboxylic acids is 1. The van der Waals surface area contributed by atoms with Gasteiger partial charge in [-0.1, -0.05) is 6.07 Å². The number of carboxylic acid groups (broad SMARTS) is 1. The first-order valence-electron chi connectivity index (χ1n) is 3.93. The number of nitrogens with two attached hydrogens (primary N) is 2. The molecule has 1 unspecified atom stereocenters. The molecule has 0 fully saturated rings. The Balaban J connectivity index is 3.21. The highest BCUT2D eigenvalue weighted by molar-refractivity contribution is 5.80. The molecule has 0 aliphatic heterocycles. The van der Waals surface area contributed by atoms with Gasteiger partial charge in [0.05, 0.1) is 5.69 Å². The summed E-state index contributed by atoms with van der Waals surface area (Å²) in [4.78, 5) is 10.8. The Labute approximate surface area is 80.3 Å². The van der Waals surface area contributed by atoms with E-state index in [1.165, 1.54) is 19.1 Å². The lowest BCUT2D eigenvalue weighted by Gasteiger charge is -2.19. The summed E-state index contributed by atoms with van der Waals surface area (Å²) in [5, 5.41) is 8.80. The number of carbonyl (C=O) groups is 1. The zero-order valence-corrected chi connectivity index (χ0v) is 7.62. The summed E-state index contributed by atoms with van der Waals surface area (Å²) in [6.45, 7) is 1.32. The molecule has 0 aromatic heterocycles. The lowest BCUT2D eigenvalue weighted by molar-refractivity contribution is -0.143. The Morgan fingerprint density at radius 1 is 1.57 bits per heavy atom. The predicted molar refractivity (Wildman–Crippen MR) is 50.0 cm³/mol. The molecule has 1 aromatic carbocycles. The van der Waals surface area contributed by atoms with Crippen LogP contribution < -0.4 is 11.5 Å². The van der Waals surface area contributed by atoms with E-state index < -0.39 is 17.3 Å². The normalized spacial score (nSPS) is 14.8. The van der Waals surface area contributed by atoms with Crippen LogP contribution in [0, 0.1) is 5.82 Å². The first-order valence-corrected chi connectivity index (χ1v) is 3.93. The Morgan fingerprint density at radius 3 is 2.57 bits per heavy atom. The van der Waals surface area contributed by atoms with Crippen molar-refractivity contribution in [2.24, 2.45) is 5.73 Å². The third-order valence-electron chi connectivity index (χ3n) is 2.04. The van der Waals surface area contributed by atoms with Crippen LogP contribution in [-0.4, -0.2) is 11.1 Å². The van der Waals surface area contributed by atoms with Gasteiger partial charge in [0.25, 0.3) is 0 Å². The molecule has 0 saturated carbocycles. The van der Waals surface area contributed by atoms with E-state index in [4.69, 9.17) is 16.6 Å². The number of benzene rings is 1. The fourth-order valence-corrected chi connectivity index (χ4v) is 0.990. The second-order valence-electron chi connectivity index (χ2n) is 3.24. The van der Waals surface area contributed by atoms with Crippen LogP contribution in [0.1, 0.15) is 12.5 Å². The number of aliphatic carboxylic acids is 1. The molecule has 0 heterocycles. The summed E-state index contributed by atoms with van der Waals surface area (Å²) in [5.41, 5.74) is 9.42. The highest BCUT2D eigenvalue weighted by atomic mass is 19.1. The first kappa shape index (κ1) is 10.5. The van der Waals surface area contributed by atoms with Crippen molar-refractivity contribution in [3.63, 3.8) is 0 Å². The summed E-state index contributed by atoms with van der Waals surface area (Å²) in [7, 11) is 0. The molecule has 1 atom stereocenters. The quantitative estimate of drug-likeness (QED) is 0.609. The molecule has 14 heavy (non-hydrogen) atoms. The van der Waals surface area contributed by atoms with Crippen LogP contribution in [0.5, 0.6) is 0 Å². The predicted octanol–water partition coefficient (Wildman–Crippen LogP) is 0.666. The molecule has 5 heteroatoms. The van der Waals surface area contributed by atoms with E-state index >= 15 is 0 Å².